The van der Waals surface area contributed by atoms with E-state index in [1.807, 2.05) is 65.9 Å². The van der Waals surface area contributed by atoms with Crippen molar-refractivity contribution >= 4 is 35.0 Å². The molecule has 0 aliphatic carbocycles. The molecule has 1 amide bonds. The van der Waals surface area contributed by atoms with Gasteiger partial charge in [-0.15, -0.1) is 10.2 Å². The highest BCUT2D eigenvalue weighted by Crippen LogP contribution is 2.33. The zero-order chi connectivity index (χ0) is 19.0. The van der Waals surface area contributed by atoms with Crippen molar-refractivity contribution in [2.24, 2.45) is 7.05 Å². The van der Waals surface area contributed by atoms with Crippen LogP contribution in [-0.2, 0) is 18.3 Å². The minimum absolute atomic E-state index is 0.0900. The highest BCUT2D eigenvalue weighted by Gasteiger charge is 2.29. The molecule has 1 aliphatic heterocycles. The number of benzene rings is 2. The Bertz CT molecular complexity index is 1000. The topological polar surface area (TPSA) is 51.0 Å². The fourth-order valence-corrected chi connectivity index (χ4v) is 4.39. The highest BCUT2D eigenvalue weighted by atomic mass is 35.5. The molecule has 0 N–H and O–H groups in total. The molecule has 138 valence electrons. The van der Waals surface area contributed by atoms with Gasteiger partial charge in [0, 0.05) is 24.8 Å². The Morgan fingerprint density at radius 3 is 2.70 bits per heavy atom. The van der Waals surface area contributed by atoms with Crippen molar-refractivity contribution in [3.05, 3.63) is 59.1 Å². The summed E-state index contributed by atoms with van der Waals surface area (Å²) in [5.41, 5.74) is 3.07. The molecule has 1 atom stereocenters. The minimum Gasteiger partial charge on any atom is -0.311 e. The molecule has 0 fully saturated rings. The number of fused-ring (bicyclic) bond motifs is 1. The molecule has 5 nitrogen and oxygen atoms in total. The SMILES string of the molecule is CC(Sc1nnc(-c2ccccc2Cl)n1C)C(=O)N1CCc2ccccc21. The van der Waals surface area contributed by atoms with Gasteiger partial charge in [-0.25, -0.2) is 0 Å². The number of hydrogen-bond acceptors (Lipinski definition) is 4. The van der Waals surface area contributed by atoms with Crippen LogP contribution in [0.2, 0.25) is 5.02 Å². The third kappa shape index (κ3) is 3.35. The van der Waals surface area contributed by atoms with E-state index >= 15 is 0 Å². The lowest BCUT2D eigenvalue weighted by Crippen LogP contribution is -2.35. The van der Waals surface area contributed by atoms with Crippen molar-refractivity contribution in [1.29, 1.82) is 0 Å². The van der Waals surface area contributed by atoms with Gasteiger partial charge in [0.1, 0.15) is 0 Å². The van der Waals surface area contributed by atoms with Crippen LogP contribution in [0.1, 0.15) is 12.5 Å². The van der Waals surface area contributed by atoms with E-state index in [-0.39, 0.29) is 11.2 Å². The number of thioether (sulfide) groups is 1. The average molecular weight is 399 g/mol. The molecule has 7 heteroatoms. The Balaban J connectivity index is 1.53. The lowest BCUT2D eigenvalue weighted by molar-refractivity contribution is -0.117. The molecule has 1 unspecified atom stereocenters. The van der Waals surface area contributed by atoms with Crippen molar-refractivity contribution in [2.45, 2.75) is 23.8 Å². The van der Waals surface area contributed by atoms with Crippen LogP contribution in [0.4, 0.5) is 5.69 Å². The van der Waals surface area contributed by atoms with E-state index in [1.54, 1.807) is 0 Å². The predicted octanol–water partition coefficient (Wildman–Crippen LogP) is 4.21. The summed E-state index contributed by atoms with van der Waals surface area (Å²) in [7, 11) is 1.89. The number of halogens is 1. The largest absolute Gasteiger partial charge is 0.311 e. The summed E-state index contributed by atoms with van der Waals surface area (Å²) in [5, 5.41) is 9.60. The van der Waals surface area contributed by atoms with Crippen LogP contribution < -0.4 is 4.90 Å². The minimum atomic E-state index is -0.266. The maximum Gasteiger partial charge on any atom is 0.240 e. The molecule has 2 heterocycles. The number of hydrogen-bond donors (Lipinski definition) is 0. The quantitative estimate of drug-likeness (QED) is 0.618. The standard InChI is InChI=1S/C20H19ClN4OS/c1-13(19(26)25-12-11-14-7-3-6-10-17(14)25)27-20-23-22-18(24(20)2)15-8-4-5-9-16(15)21/h3-10,13H,11-12H2,1-2H3. The number of amides is 1. The maximum absolute atomic E-state index is 13.0. The summed E-state index contributed by atoms with van der Waals surface area (Å²) >= 11 is 7.70. The van der Waals surface area contributed by atoms with Crippen LogP contribution in [0.25, 0.3) is 11.4 Å². The van der Waals surface area contributed by atoms with Gasteiger partial charge in [-0.1, -0.05) is 53.7 Å². The Morgan fingerprint density at radius 2 is 1.89 bits per heavy atom. The van der Waals surface area contributed by atoms with Gasteiger partial charge in [0.2, 0.25) is 5.91 Å². The second-order valence-electron chi connectivity index (χ2n) is 6.47. The monoisotopic (exact) mass is 398 g/mol. The zero-order valence-corrected chi connectivity index (χ0v) is 16.7. The van der Waals surface area contributed by atoms with Crippen LogP contribution in [0.15, 0.2) is 53.7 Å². The highest BCUT2D eigenvalue weighted by molar-refractivity contribution is 8.00. The lowest BCUT2D eigenvalue weighted by atomic mass is 10.2. The third-order valence-corrected chi connectivity index (χ3v) is 6.18. The van der Waals surface area contributed by atoms with Crippen LogP contribution in [0.3, 0.4) is 0 Å². The van der Waals surface area contributed by atoms with Gasteiger partial charge in [0.25, 0.3) is 0 Å². The van der Waals surface area contributed by atoms with Crippen molar-refractivity contribution < 1.29 is 4.79 Å². The van der Waals surface area contributed by atoms with E-state index in [2.05, 4.69) is 16.3 Å². The van der Waals surface area contributed by atoms with Crippen molar-refractivity contribution in [2.75, 3.05) is 11.4 Å². The molecule has 0 spiro atoms. The molecule has 0 radical (unpaired) electrons. The summed E-state index contributed by atoms with van der Waals surface area (Å²) in [5.74, 6) is 0.779. The molecular weight excluding hydrogens is 380 g/mol. The van der Waals surface area contributed by atoms with Crippen molar-refractivity contribution in [3.63, 3.8) is 0 Å². The van der Waals surface area contributed by atoms with Crippen LogP contribution in [0, 0.1) is 0 Å². The van der Waals surface area contributed by atoms with Gasteiger partial charge in [0.05, 0.1) is 10.3 Å². The number of anilines is 1. The molecule has 2 aromatic carbocycles. The van der Waals surface area contributed by atoms with Gasteiger partial charge in [0.15, 0.2) is 11.0 Å². The van der Waals surface area contributed by atoms with E-state index in [4.69, 9.17) is 11.6 Å². The Kier molecular flexibility index (Phi) is 4.93. The third-order valence-electron chi connectivity index (χ3n) is 4.73. The first kappa shape index (κ1) is 18.1. The van der Waals surface area contributed by atoms with Gasteiger partial charge in [-0.3, -0.25) is 4.79 Å². The van der Waals surface area contributed by atoms with Crippen LogP contribution in [0.5, 0.6) is 0 Å². The maximum atomic E-state index is 13.0. The Labute approximate surface area is 167 Å². The number of rotatable bonds is 4. The number of aromatic nitrogens is 3. The second-order valence-corrected chi connectivity index (χ2v) is 8.19. The van der Waals surface area contributed by atoms with E-state index in [0.717, 1.165) is 24.2 Å². The van der Waals surface area contributed by atoms with Gasteiger partial charge < -0.3 is 9.47 Å². The lowest BCUT2D eigenvalue weighted by Gasteiger charge is -2.21. The fourth-order valence-electron chi connectivity index (χ4n) is 3.29. The predicted molar refractivity (Wildman–Crippen MR) is 109 cm³/mol. The molecule has 3 aromatic rings. The van der Waals surface area contributed by atoms with E-state index in [1.165, 1.54) is 17.3 Å². The van der Waals surface area contributed by atoms with Crippen LogP contribution >= 0.6 is 23.4 Å². The summed E-state index contributed by atoms with van der Waals surface area (Å²) in [6.45, 7) is 2.64. The van der Waals surface area contributed by atoms with E-state index < -0.39 is 0 Å². The molecule has 0 saturated carbocycles. The smallest absolute Gasteiger partial charge is 0.240 e. The Morgan fingerprint density at radius 1 is 1.15 bits per heavy atom. The molecule has 0 bridgehead atoms. The molecule has 1 aromatic heterocycles. The van der Waals surface area contributed by atoms with E-state index in [9.17, 15) is 4.79 Å². The zero-order valence-electron chi connectivity index (χ0n) is 15.1. The summed E-state index contributed by atoms with van der Waals surface area (Å²) in [4.78, 5) is 14.9. The number of para-hydroxylation sites is 1. The molecule has 27 heavy (non-hydrogen) atoms. The molecule has 1 aliphatic rings. The summed E-state index contributed by atoms with van der Waals surface area (Å²) < 4.78 is 1.88. The fraction of sp³-hybridized carbons (Fsp3) is 0.250. The number of nitrogens with zero attached hydrogens (tertiary/aromatic N) is 4. The Hall–Kier alpha value is -2.31. The van der Waals surface area contributed by atoms with Gasteiger partial charge in [-0.05, 0) is 37.1 Å². The number of carbonyl (C=O) groups is 1. The number of carbonyl (C=O) groups excluding carboxylic acids is 1. The first-order valence-electron chi connectivity index (χ1n) is 8.76. The van der Waals surface area contributed by atoms with Crippen molar-refractivity contribution in [3.8, 4) is 11.4 Å². The average Bonchev–Trinajstić information content (AvgIpc) is 3.26. The molecule has 4 rings (SSSR count). The first-order chi connectivity index (χ1) is 13.1. The summed E-state index contributed by atoms with van der Waals surface area (Å²) in [6, 6.07) is 15.6. The van der Waals surface area contributed by atoms with Gasteiger partial charge in [-0.2, -0.15) is 0 Å². The normalized spacial score (nSPS) is 14.3. The van der Waals surface area contributed by atoms with Crippen molar-refractivity contribution in [1.82, 2.24) is 14.8 Å². The summed E-state index contributed by atoms with van der Waals surface area (Å²) in [6.07, 6.45) is 0.903. The van der Waals surface area contributed by atoms with E-state index in [0.29, 0.717) is 16.0 Å². The van der Waals surface area contributed by atoms with Gasteiger partial charge >= 0.3 is 0 Å². The molecule has 0 saturated heterocycles. The molecular formula is C20H19ClN4OS. The van der Waals surface area contributed by atoms with Crippen LogP contribution in [-0.4, -0.2) is 32.5 Å². The second kappa shape index (κ2) is 7.37. The first-order valence-corrected chi connectivity index (χ1v) is 10.0.